The third kappa shape index (κ3) is 66.2. The summed E-state index contributed by atoms with van der Waals surface area (Å²) in [6.07, 6.45) is 9.00. The van der Waals surface area contributed by atoms with Crippen LogP contribution in [0.4, 0.5) is 0 Å². The Labute approximate surface area is 599 Å². The second kappa shape index (κ2) is 63.5. The molecule has 0 spiro atoms. The van der Waals surface area contributed by atoms with Gasteiger partial charge in [-0.05, 0) is 199 Å². The first kappa shape index (κ1) is 102. The highest BCUT2D eigenvalue weighted by Crippen LogP contribution is 2.27. The van der Waals surface area contributed by atoms with Crippen molar-refractivity contribution in [1.82, 2.24) is 24.5 Å². The van der Waals surface area contributed by atoms with Crippen LogP contribution in [0.5, 0.6) is 0 Å². The molecule has 18 nitrogen and oxygen atoms in total. The summed E-state index contributed by atoms with van der Waals surface area (Å²) in [7, 11) is 17.8. The Morgan fingerprint density at radius 3 is 0.728 bits per heavy atom. The number of carbonyl (C=O) groups excluding carboxylic acids is 4. The van der Waals surface area contributed by atoms with Gasteiger partial charge in [-0.15, -0.1) is 17.6 Å². The predicted molar refractivity (Wildman–Crippen MR) is 430 cm³/mol. The van der Waals surface area contributed by atoms with Crippen LogP contribution >= 0.6 is 85.6 Å². The molecule has 0 saturated carbocycles. The van der Waals surface area contributed by atoms with E-state index in [0.29, 0.717) is 25.7 Å². The molecule has 0 bridgehead atoms. The van der Waals surface area contributed by atoms with Gasteiger partial charge in [-0.25, -0.2) is 0 Å². The van der Waals surface area contributed by atoms with Crippen molar-refractivity contribution in [2.45, 2.75) is 188 Å². The smallest absolute Gasteiger partial charge is 0.334 e. The van der Waals surface area contributed by atoms with E-state index < -0.39 is 47.1 Å². The summed E-state index contributed by atoms with van der Waals surface area (Å²) in [5.74, 6) is 11.0. The van der Waals surface area contributed by atoms with Crippen LogP contribution < -0.4 is 0 Å². The zero-order valence-electron chi connectivity index (χ0n) is 62.7. The maximum absolute atomic E-state index is 11.4. The maximum Gasteiger partial charge on any atom is 0.334 e. The van der Waals surface area contributed by atoms with E-state index in [0.717, 1.165) is 154 Å². The van der Waals surface area contributed by atoms with Gasteiger partial charge < -0.3 is 60.1 Å². The predicted octanol–water partition coefficient (Wildman–Crippen LogP) is 13.3. The van der Waals surface area contributed by atoms with Crippen molar-refractivity contribution in [1.29, 1.82) is 0 Å². The van der Waals surface area contributed by atoms with Crippen molar-refractivity contribution in [2.24, 2.45) is 0 Å². The van der Waals surface area contributed by atoms with Gasteiger partial charge in [0.15, 0.2) is 0 Å². The van der Waals surface area contributed by atoms with E-state index in [1.807, 2.05) is 119 Å². The Morgan fingerprint density at radius 1 is 0.348 bits per heavy atom. The molecule has 6 unspecified atom stereocenters. The Hall–Kier alpha value is 1.60. The molecular formula is C61H142N5O13P3S5Si5. The normalized spacial score (nSPS) is 13.5. The van der Waals surface area contributed by atoms with E-state index in [1.165, 1.54) is 24.9 Å². The van der Waals surface area contributed by atoms with Crippen LogP contribution in [-0.4, -0.2) is 281 Å². The molecule has 0 aromatic carbocycles. The lowest BCUT2D eigenvalue weighted by molar-refractivity contribution is -0.128. The third-order valence-corrected chi connectivity index (χ3v) is 36.2. The lowest BCUT2D eigenvalue weighted by atomic mass is 10.4. The molecule has 6 atom stereocenters. The Balaban J connectivity index is -0.000000343. The van der Waals surface area contributed by atoms with Gasteiger partial charge in [0.05, 0.1) is 0 Å². The van der Waals surface area contributed by atoms with Crippen LogP contribution in [0.3, 0.4) is 0 Å². The highest BCUT2D eigenvalue weighted by Gasteiger charge is 2.32. The highest BCUT2D eigenvalue weighted by molar-refractivity contribution is 8.00. The molecular weight excluding hydrogens is 1400 g/mol. The Bertz CT molecular complexity index is 1640. The molecule has 0 aliphatic heterocycles. The summed E-state index contributed by atoms with van der Waals surface area (Å²) in [6.45, 7) is 33.1. The van der Waals surface area contributed by atoms with Crippen molar-refractivity contribution in [3.63, 3.8) is 0 Å². The lowest BCUT2D eigenvalue weighted by Crippen LogP contribution is -2.38. The number of thioether (sulfide) groups is 5. The van der Waals surface area contributed by atoms with Crippen molar-refractivity contribution in [3.8, 4) is 0 Å². The molecule has 0 rings (SSSR count). The quantitative estimate of drug-likeness (QED) is 0.0263. The van der Waals surface area contributed by atoms with Crippen LogP contribution in [0.2, 0.25) is 63.0 Å². The fourth-order valence-corrected chi connectivity index (χ4v) is 27.2. The second-order valence-electron chi connectivity index (χ2n) is 23.7. The topological polar surface area (TPSA) is 179 Å². The third-order valence-electron chi connectivity index (χ3n) is 13.6. The van der Waals surface area contributed by atoms with Gasteiger partial charge in [0, 0.05) is 164 Å². The van der Waals surface area contributed by atoms with Crippen molar-refractivity contribution < 1.29 is 59.7 Å². The van der Waals surface area contributed by atoms with E-state index in [1.54, 1.807) is 76.0 Å². The summed E-state index contributed by atoms with van der Waals surface area (Å²) in [5, 5.41) is 10.0. The molecule has 31 heteroatoms. The van der Waals surface area contributed by atoms with Gasteiger partial charge in [-0.1, -0.05) is 9.24 Å². The molecule has 0 aromatic heterocycles. The molecule has 92 heavy (non-hydrogen) atoms. The minimum absolute atomic E-state index is 0.204. The standard InChI is InChI=1S/3C13H29NO3SSi.C11H29NO2P2SSi.C11H26NO2PSSi/c3*1-6-16-19(5,17-7-2)12-8-10-18-11-9-13(15)14(3)4;1-5-14-18(4,16)10-6-8-17-9-7-11(13,15)12(2)3;1-5-14-17(4,15)10-6-8-16-9-7-11(13)12(2)3/h3*6-12H2,1-5H3;13H,5-10,15-16H2,1-4H3;5-10,15H2,1-4H3. The van der Waals surface area contributed by atoms with Gasteiger partial charge in [0.25, 0.3) is 0 Å². The molecule has 1 N–H and O–H groups in total. The van der Waals surface area contributed by atoms with Crippen LogP contribution in [0.25, 0.3) is 0 Å². The number of nitrogens with zero attached hydrogens (tertiary/aromatic N) is 5. The molecule has 0 fully saturated rings. The largest absolute Gasteiger partial charge is 0.414 e. The van der Waals surface area contributed by atoms with Crippen molar-refractivity contribution in [3.05, 3.63) is 0 Å². The van der Waals surface area contributed by atoms with Crippen molar-refractivity contribution in [2.75, 3.05) is 181 Å². The number of aliphatic hydroxyl groups is 1. The monoisotopic (exact) mass is 1550 g/mol. The van der Waals surface area contributed by atoms with Crippen LogP contribution in [0, 0.1) is 0 Å². The average Bonchev–Trinajstić information content (AvgIpc) is 1.90. The Morgan fingerprint density at radius 2 is 0.543 bits per heavy atom. The summed E-state index contributed by atoms with van der Waals surface area (Å²) in [6, 6.07) is 5.47. The van der Waals surface area contributed by atoms with Gasteiger partial charge in [0.2, 0.25) is 39.6 Å². The molecule has 0 radical (unpaired) electrons. The van der Waals surface area contributed by atoms with E-state index in [4.69, 9.17) is 35.4 Å². The minimum Gasteiger partial charge on any atom is -0.414 e. The van der Waals surface area contributed by atoms with Gasteiger partial charge in [-0.3, -0.25) is 24.1 Å². The molecule has 0 saturated heterocycles. The van der Waals surface area contributed by atoms with E-state index in [9.17, 15) is 24.3 Å². The summed E-state index contributed by atoms with van der Waals surface area (Å²) in [5.41, 5.74) is -0.762. The number of hydrogen-bond acceptors (Lipinski definition) is 19. The zero-order valence-corrected chi connectivity index (χ0v) is 75.2. The fraction of sp³-hybridized carbons (Fsp3) is 0.934. The van der Waals surface area contributed by atoms with E-state index in [2.05, 4.69) is 73.4 Å². The average molecular weight is 1550 g/mol. The first-order chi connectivity index (χ1) is 42.9. The molecule has 4 amide bonds. The van der Waals surface area contributed by atoms with E-state index >= 15 is 0 Å². The molecule has 0 aliphatic carbocycles. The number of amides is 4. The lowest BCUT2D eigenvalue weighted by Gasteiger charge is -2.30. The first-order valence-corrected chi connectivity index (χ1v) is 56.3. The van der Waals surface area contributed by atoms with Gasteiger partial charge >= 0.3 is 25.7 Å². The van der Waals surface area contributed by atoms with Crippen molar-refractivity contribution >= 4 is 151 Å². The summed E-state index contributed by atoms with van der Waals surface area (Å²) in [4.78, 5) is 53.9. The van der Waals surface area contributed by atoms with Crippen LogP contribution in [-0.2, 0) is 54.6 Å². The summed E-state index contributed by atoms with van der Waals surface area (Å²) >= 11 is 9.30. The van der Waals surface area contributed by atoms with Crippen LogP contribution in [0.15, 0.2) is 0 Å². The maximum atomic E-state index is 11.4. The molecule has 554 valence electrons. The molecule has 0 heterocycles. The zero-order chi connectivity index (χ0) is 71.7. The number of carbonyl (C=O) groups is 4. The number of rotatable bonds is 52. The SMILES string of the molecule is CCO[Si](C)(CCCSCCC(=O)N(C)C)OCC.CCO[Si](C)(CCCSCCC(=O)N(C)C)OCC.CCO[Si](C)(CCCSCCC(=O)N(C)C)OCC.CCO[Si](C)(P)CCCSCCC(=O)N(C)C.CCO[Si](C)(P)CCCSCCC(O)(P)N(C)C. The second-order valence-corrected chi connectivity index (χ2v) is 55.0. The Kier molecular flexibility index (Phi) is 70.6. The van der Waals surface area contributed by atoms with Gasteiger partial charge in [0.1, 0.15) is 5.47 Å². The van der Waals surface area contributed by atoms with Gasteiger partial charge in [-0.2, -0.15) is 58.8 Å². The summed E-state index contributed by atoms with van der Waals surface area (Å²) < 4.78 is 46.3. The van der Waals surface area contributed by atoms with E-state index in [-0.39, 0.29) is 23.6 Å². The first-order valence-electron chi connectivity index (χ1n) is 33.5. The fourth-order valence-electron chi connectivity index (χ4n) is 8.22. The number of hydrogen-bond donors (Lipinski definition) is 1. The molecule has 0 aromatic rings. The highest BCUT2D eigenvalue weighted by atomic mass is 32.2. The molecule has 0 aliphatic rings. The van der Waals surface area contributed by atoms with Crippen LogP contribution in [0.1, 0.15) is 120 Å². The minimum atomic E-state index is -1.94.